The molecule has 1 fully saturated rings. The molecule has 0 aliphatic heterocycles. The van der Waals surface area contributed by atoms with E-state index in [1.165, 1.54) is 52.1 Å². The molecule has 1 saturated carbocycles. The smallest absolute Gasteiger partial charge is 0.376 e. The minimum atomic E-state index is -0.884. The second-order valence-electron chi connectivity index (χ2n) is 7.92. The molecule has 0 radical (unpaired) electrons. The molecular formula is C23H38O4. The van der Waals surface area contributed by atoms with Crippen LogP contribution in [0.15, 0.2) is 11.5 Å². The van der Waals surface area contributed by atoms with E-state index in [9.17, 15) is 15.0 Å². The van der Waals surface area contributed by atoms with Gasteiger partial charge < -0.3 is 14.9 Å². The molecule has 4 nitrogen and oxygen atoms in total. The van der Waals surface area contributed by atoms with E-state index >= 15 is 0 Å². The summed E-state index contributed by atoms with van der Waals surface area (Å²) in [6.45, 7) is 2.22. The van der Waals surface area contributed by atoms with Crippen molar-refractivity contribution in [2.75, 3.05) is 7.11 Å². The number of rotatable bonds is 13. The van der Waals surface area contributed by atoms with E-state index in [4.69, 9.17) is 6.42 Å². The van der Waals surface area contributed by atoms with Crippen molar-refractivity contribution >= 4 is 5.97 Å². The summed E-state index contributed by atoms with van der Waals surface area (Å²) in [6.07, 6.45) is 20.2. The lowest BCUT2D eigenvalue weighted by atomic mass is 9.84. The second-order valence-corrected chi connectivity index (χ2v) is 7.92. The topological polar surface area (TPSA) is 66.8 Å². The summed E-state index contributed by atoms with van der Waals surface area (Å²) in [5.41, 5.74) is 0. The molecule has 1 rings (SSSR count). The van der Waals surface area contributed by atoms with Crippen molar-refractivity contribution in [2.45, 2.75) is 90.4 Å². The molecule has 3 atom stereocenters. The predicted octanol–water partition coefficient (Wildman–Crippen LogP) is 6.07. The molecule has 2 N–H and O–H groups in total. The Hall–Kier alpha value is -1.63. The van der Waals surface area contributed by atoms with Crippen molar-refractivity contribution in [3.8, 4) is 12.3 Å². The van der Waals surface area contributed by atoms with Crippen molar-refractivity contribution in [3.63, 3.8) is 0 Å². The van der Waals surface area contributed by atoms with Gasteiger partial charge in [0, 0.05) is 12.3 Å². The molecule has 0 aromatic heterocycles. The second kappa shape index (κ2) is 13.5. The molecule has 0 saturated heterocycles. The lowest BCUT2D eigenvalue weighted by molar-refractivity contribution is -0.139. The number of aliphatic hydroxyl groups excluding tert-OH is 2. The highest BCUT2D eigenvalue weighted by Gasteiger charge is 2.27. The number of allylic oxidation sites excluding steroid dienone is 1. The monoisotopic (exact) mass is 378 g/mol. The SMILES string of the molecule is C#CC(CCCCC)CC[C@H]1CCC[C@@H]1CCCCC(O)=C(O)C(=O)OC. The molecule has 1 aliphatic rings. The first-order chi connectivity index (χ1) is 13.0. The van der Waals surface area contributed by atoms with Crippen LogP contribution in [0.25, 0.3) is 0 Å². The van der Waals surface area contributed by atoms with Gasteiger partial charge in [0.15, 0.2) is 0 Å². The van der Waals surface area contributed by atoms with Crippen LogP contribution in [-0.2, 0) is 9.53 Å². The van der Waals surface area contributed by atoms with Gasteiger partial charge in [0.2, 0.25) is 5.76 Å². The number of hydrogen-bond acceptors (Lipinski definition) is 4. The highest BCUT2D eigenvalue weighted by atomic mass is 16.5. The minimum Gasteiger partial charge on any atom is -0.508 e. The van der Waals surface area contributed by atoms with E-state index < -0.39 is 11.7 Å². The van der Waals surface area contributed by atoms with Gasteiger partial charge in [0.25, 0.3) is 0 Å². The Morgan fingerprint density at radius 3 is 2.44 bits per heavy atom. The summed E-state index contributed by atoms with van der Waals surface area (Å²) in [4.78, 5) is 11.2. The van der Waals surface area contributed by atoms with E-state index in [-0.39, 0.29) is 5.76 Å². The predicted molar refractivity (Wildman–Crippen MR) is 109 cm³/mol. The highest BCUT2D eigenvalue weighted by Crippen LogP contribution is 2.39. The average Bonchev–Trinajstić information content (AvgIpc) is 3.13. The number of carbonyl (C=O) groups excluding carboxylic acids is 1. The Kier molecular flexibility index (Phi) is 11.7. The number of aliphatic hydroxyl groups is 2. The van der Waals surface area contributed by atoms with E-state index in [2.05, 4.69) is 17.6 Å². The van der Waals surface area contributed by atoms with Gasteiger partial charge in [-0.15, -0.1) is 12.3 Å². The van der Waals surface area contributed by atoms with Gasteiger partial charge >= 0.3 is 5.97 Å². The third-order valence-electron chi connectivity index (χ3n) is 5.98. The summed E-state index contributed by atoms with van der Waals surface area (Å²) >= 11 is 0. The molecule has 0 amide bonds. The molecule has 0 aromatic rings. The first-order valence-corrected chi connectivity index (χ1v) is 10.7. The highest BCUT2D eigenvalue weighted by molar-refractivity contribution is 5.86. The zero-order valence-corrected chi connectivity index (χ0v) is 17.2. The maximum atomic E-state index is 11.2. The third kappa shape index (κ3) is 8.73. The summed E-state index contributed by atoms with van der Waals surface area (Å²) < 4.78 is 4.40. The molecule has 1 unspecified atom stereocenters. The standard InChI is InChI=1S/C23H38O4/c1-4-6-7-11-18(5-2)16-17-20-14-10-13-19(20)12-8-9-15-21(24)22(25)23(26)27-3/h2,18-20,24-25H,4,6-17H2,1,3H3/t18?,19-,20+/m0/s1. The van der Waals surface area contributed by atoms with Crippen molar-refractivity contribution in [1.82, 2.24) is 0 Å². The van der Waals surface area contributed by atoms with Crippen LogP contribution < -0.4 is 0 Å². The van der Waals surface area contributed by atoms with Gasteiger partial charge in [-0.1, -0.05) is 58.3 Å². The van der Waals surface area contributed by atoms with Gasteiger partial charge in [-0.05, 0) is 37.5 Å². The molecule has 0 aromatic carbocycles. The molecule has 4 heteroatoms. The largest absolute Gasteiger partial charge is 0.508 e. The summed E-state index contributed by atoms with van der Waals surface area (Å²) in [6, 6.07) is 0. The van der Waals surface area contributed by atoms with E-state index in [0.717, 1.165) is 43.9 Å². The number of carbonyl (C=O) groups is 1. The molecular weight excluding hydrogens is 340 g/mol. The summed E-state index contributed by atoms with van der Waals surface area (Å²) in [5, 5.41) is 19.2. The van der Waals surface area contributed by atoms with Crippen LogP contribution in [0.5, 0.6) is 0 Å². The van der Waals surface area contributed by atoms with Crippen LogP contribution in [0.4, 0.5) is 0 Å². The van der Waals surface area contributed by atoms with Crippen LogP contribution >= 0.6 is 0 Å². The van der Waals surface area contributed by atoms with Crippen molar-refractivity contribution in [3.05, 3.63) is 11.5 Å². The van der Waals surface area contributed by atoms with Gasteiger partial charge in [-0.2, -0.15) is 0 Å². The van der Waals surface area contributed by atoms with Gasteiger partial charge in [0.05, 0.1) is 7.11 Å². The number of terminal acetylenes is 1. The number of esters is 1. The molecule has 154 valence electrons. The Balaban J connectivity index is 2.30. The number of ether oxygens (including phenoxy) is 1. The zero-order valence-electron chi connectivity index (χ0n) is 17.2. The fourth-order valence-corrected chi connectivity index (χ4v) is 4.27. The fourth-order valence-electron chi connectivity index (χ4n) is 4.27. The molecule has 0 heterocycles. The van der Waals surface area contributed by atoms with Crippen LogP contribution in [0.2, 0.25) is 0 Å². The number of unbranched alkanes of at least 4 members (excludes halogenated alkanes) is 3. The lowest BCUT2D eigenvalue weighted by Crippen LogP contribution is -2.10. The number of methoxy groups -OCH3 is 1. The Morgan fingerprint density at radius 2 is 1.81 bits per heavy atom. The van der Waals surface area contributed by atoms with Crippen LogP contribution in [0, 0.1) is 30.1 Å². The van der Waals surface area contributed by atoms with Gasteiger partial charge in [-0.3, -0.25) is 0 Å². The van der Waals surface area contributed by atoms with Crippen LogP contribution in [0.1, 0.15) is 90.4 Å². The zero-order chi connectivity index (χ0) is 20.1. The third-order valence-corrected chi connectivity index (χ3v) is 5.98. The average molecular weight is 379 g/mol. The van der Waals surface area contributed by atoms with Crippen molar-refractivity contribution in [2.24, 2.45) is 17.8 Å². The van der Waals surface area contributed by atoms with E-state index in [0.29, 0.717) is 12.3 Å². The lowest BCUT2D eigenvalue weighted by Gasteiger charge is -2.21. The van der Waals surface area contributed by atoms with E-state index in [1.807, 2.05) is 0 Å². The van der Waals surface area contributed by atoms with Gasteiger partial charge in [0.1, 0.15) is 5.76 Å². The minimum absolute atomic E-state index is 0.270. The molecule has 1 aliphatic carbocycles. The fraction of sp³-hybridized carbons (Fsp3) is 0.783. The van der Waals surface area contributed by atoms with Crippen molar-refractivity contribution < 1.29 is 19.7 Å². The summed E-state index contributed by atoms with van der Waals surface area (Å²) in [7, 11) is 1.18. The molecule has 27 heavy (non-hydrogen) atoms. The van der Waals surface area contributed by atoms with Crippen LogP contribution in [0.3, 0.4) is 0 Å². The first-order valence-electron chi connectivity index (χ1n) is 10.7. The van der Waals surface area contributed by atoms with Crippen molar-refractivity contribution in [1.29, 1.82) is 0 Å². The normalized spacial score (nSPS) is 21.4. The quantitative estimate of drug-likeness (QED) is 0.134. The molecule has 0 spiro atoms. The molecule has 0 bridgehead atoms. The van der Waals surface area contributed by atoms with Gasteiger partial charge in [-0.25, -0.2) is 4.79 Å². The first kappa shape index (κ1) is 23.4. The number of hydrogen-bond donors (Lipinski definition) is 2. The maximum Gasteiger partial charge on any atom is 0.376 e. The Bertz CT molecular complexity index is 503. The maximum absolute atomic E-state index is 11.2. The Morgan fingerprint density at radius 1 is 1.11 bits per heavy atom. The van der Waals surface area contributed by atoms with E-state index in [1.54, 1.807) is 0 Å². The van der Waals surface area contributed by atoms with Crippen LogP contribution in [-0.4, -0.2) is 23.3 Å². The summed E-state index contributed by atoms with van der Waals surface area (Å²) in [5.74, 6) is 3.13. The Labute approximate surface area is 165 Å².